The lowest BCUT2D eigenvalue weighted by Crippen LogP contribution is -2.37. The van der Waals surface area contributed by atoms with Crippen LogP contribution >= 0.6 is 0 Å². The maximum Gasteiger partial charge on any atom is 0.226 e. The fraction of sp³-hybridized carbons (Fsp3) is 0.526. The van der Waals surface area contributed by atoms with Gasteiger partial charge in [-0.15, -0.1) is 0 Å². The smallest absolute Gasteiger partial charge is 0.226 e. The van der Waals surface area contributed by atoms with E-state index in [0.29, 0.717) is 18.6 Å². The minimum absolute atomic E-state index is 0.202. The van der Waals surface area contributed by atoms with Gasteiger partial charge in [0.1, 0.15) is 5.76 Å². The van der Waals surface area contributed by atoms with Crippen LogP contribution in [-0.4, -0.2) is 47.4 Å². The maximum atomic E-state index is 8.81. The van der Waals surface area contributed by atoms with Crippen molar-refractivity contribution in [3.63, 3.8) is 0 Å². The van der Waals surface area contributed by atoms with Gasteiger partial charge >= 0.3 is 0 Å². The second-order valence-corrected chi connectivity index (χ2v) is 6.31. The Bertz CT molecular complexity index is 619. The van der Waals surface area contributed by atoms with Crippen LogP contribution in [0.1, 0.15) is 30.7 Å². The van der Waals surface area contributed by atoms with Gasteiger partial charge in [-0.05, 0) is 38.3 Å². The zero-order chi connectivity index (χ0) is 16.8. The highest BCUT2D eigenvalue weighted by atomic mass is 16.5. The van der Waals surface area contributed by atoms with Gasteiger partial charge < -0.3 is 14.3 Å². The first-order valence-electron chi connectivity index (χ1n) is 8.73. The first kappa shape index (κ1) is 17.1. The summed E-state index contributed by atoms with van der Waals surface area (Å²) < 4.78 is 11.6. The third-order valence-electron chi connectivity index (χ3n) is 4.48. The minimum atomic E-state index is 0.202. The topological polar surface area (TPSA) is 58.7 Å². The highest BCUT2D eigenvalue weighted by Gasteiger charge is 2.21. The highest BCUT2D eigenvalue weighted by Crippen LogP contribution is 2.23. The van der Waals surface area contributed by atoms with Crippen molar-refractivity contribution in [3.05, 3.63) is 41.8 Å². The summed E-state index contributed by atoms with van der Waals surface area (Å²) in [6, 6.07) is 10.0. The molecular formula is C19H26N2O3. The molecule has 0 amide bonds. The van der Waals surface area contributed by atoms with Crippen molar-refractivity contribution in [2.45, 2.75) is 38.8 Å². The van der Waals surface area contributed by atoms with Gasteiger partial charge in [0.25, 0.3) is 0 Å². The summed E-state index contributed by atoms with van der Waals surface area (Å²) >= 11 is 0. The number of rotatable bonds is 7. The predicted octanol–water partition coefficient (Wildman–Crippen LogP) is 3.01. The third-order valence-corrected chi connectivity index (χ3v) is 4.48. The van der Waals surface area contributed by atoms with Crippen molar-refractivity contribution in [2.75, 3.05) is 26.3 Å². The monoisotopic (exact) mass is 330 g/mol. The van der Waals surface area contributed by atoms with E-state index in [2.05, 4.69) is 9.88 Å². The van der Waals surface area contributed by atoms with Crippen LogP contribution in [0.3, 0.4) is 0 Å². The van der Waals surface area contributed by atoms with E-state index in [1.165, 1.54) is 0 Å². The van der Waals surface area contributed by atoms with Crippen molar-refractivity contribution >= 4 is 0 Å². The summed E-state index contributed by atoms with van der Waals surface area (Å²) in [5, 5.41) is 8.81. The van der Waals surface area contributed by atoms with Gasteiger partial charge in [-0.2, -0.15) is 0 Å². The molecule has 1 aliphatic rings. The molecule has 0 spiro atoms. The Balaban J connectivity index is 1.53. The summed E-state index contributed by atoms with van der Waals surface area (Å²) in [6.07, 6.45) is 3.12. The lowest BCUT2D eigenvalue weighted by molar-refractivity contribution is 0.000541. The fourth-order valence-corrected chi connectivity index (χ4v) is 3.04. The van der Waals surface area contributed by atoms with Crippen molar-refractivity contribution < 1.29 is 14.3 Å². The van der Waals surface area contributed by atoms with E-state index in [9.17, 15) is 0 Å². The summed E-state index contributed by atoms with van der Waals surface area (Å²) in [5.41, 5.74) is 2.04. The van der Waals surface area contributed by atoms with Crippen LogP contribution in [0.5, 0.6) is 0 Å². The van der Waals surface area contributed by atoms with Crippen LogP contribution in [0.25, 0.3) is 11.5 Å². The normalized spacial score (nSPS) is 16.6. The Labute approximate surface area is 143 Å². The van der Waals surface area contributed by atoms with E-state index < -0.39 is 0 Å². The second-order valence-electron chi connectivity index (χ2n) is 6.31. The number of ether oxygens (including phenoxy) is 1. The molecule has 1 N–H and O–H groups in total. The van der Waals surface area contributed by atoms with Gasteiger partial charge in [0.15, 0.2) is 0 Å². The van der Waals surface area contributed by atoms with E-state index in [1.807, 2.05) is 37.3 Å². The Kier molecular flexibility index (Phi) is 6.01. The fourth-order valence-electron chi connectivity index (χ4n) is 3.04. The molecule has 1 aromatic heterocycles. The minimum Gasteiger partial charge on any atom is -0.441 e. The molecule has 1 fully saturated rings. The third kappa shape index (κ3) is 4.44. The average Bonchev–Trinajstić information content (AvgIpc) is 2.98. The zero-order valence-corrected chi connectivity index (χ0v) is 14.3. The number of likely N-dealkylation sites (tertiary alicyclic amines) is 1. The van der Waals surface area contributed by atoms with E-state index in [0.717, 1.165) is 55.9 Å². The molecule has 1 aromatic carbocycles. The predicted molar refractivity (Wildman–Crippen MR) is 92.6 cm³/mol. The van der Waals surface area contributed by atoms with Gasteiger partial charge in [-0.3, -0.25) is 4.90 Å². The van der Waals surface area contributed by atoms with Crippen LogP contribution in [0.2, 0.25) is 0 Å². The second kappa shape index (κ2) is 8.42. The number of hydrogen-bond acceptors (Lipinski definition) is 5. The molecule has 0 bridgehead atoms. The van der Waals surface area contributed by atoms with E-state index >= 15 is 0 Å². The van der Waals surface area contributed by atoms with Crippen LogP contribution in [0.4, 0.5) is 0 Å². The first-order chi connectivity index (χ1) is 11.8. The van der Waals surface area contributed by atoms with Crippen molar-refractivity contribution in [1.29, 1.82) is 0 Å². The molecule has 0 atom stereocenters. The average molecular weight is 330 g/mol. The molecule has 130 valence electrons. The molecule has 1 aliphatic heterocycles. The SMILES string of the molecule is Cc1oc(-c2ccccc2)nc1CN1CCC(OCCCO)CC1. The standard InChI is InChI=1S/C19H26N2O3/c1-15-18(20-19(24-15)16-6-3-2-4-7-16)14-21-10-8-17(9-11-21)23-13-5-12-22/h2-4,6-7,17,22H,5,8-14H2,1H3. The number of nitrogens with zero attached hydrogens (tertiary/aromatic N) is 2. The van der Waals surface area contributed by atoms with E-state index in [1.54, 1.807) is 0 Å². The van der Waals surface area contributed by atoms with Crippen LogP contribution < -0.4 is 0 Å². The molecule has 2 aromatic rings. The molecular weight excluding hydrogens is 304 g/mol. The number of aryl methyl sites for hydroxylation is 1. The molecule has 0 saturated carbocycles. The number of oxazole rings is 1. The number of aromatic nitrogens is 1. The molecule has 0 radical (unpaired) electrons. The summed E-state index contributed by atoms with van der Waals surface area (Å²) in [6.45, 7) is 5.69. The zero-order valence-electron chi connectivity index (χ0n) is 14.3. The summed E-state index contributed by atoms with van der Waals surface area (Å²) in [7, 11) is 0. The van der Waals surface area contributed by atoms with Gasteiger partial charge in [-0.1, -0.05) is 18.2 Å². The number of benzene rings is 1. The maximum absolute atomic E-state index is 8.81. The van der Waals surface area contributed by atoms with Crippen LogP contribution in [0.15, 0.2) is 34.7 Å². The quantitative estimate of drug-likeness (QED) is 0.791. The molecule has 24 heavy (non-hydrogen) atoms. The van der Waals surface area contributed by atoms with Crippen molar-refractivity contribution in [1.82, 2.24) is 9.88 Å². The molecule has 5 heteroatoms. The van der Waals surface area contributed by atoms with Gasteiger partial charge in [0.05, 0.1) is 11.8 Å². The van der Waals surface area contributed by atoms with E-state index in [-0.39, 0.29) is 6.61 Å². The lowest BCUT2D eigenvalue weighted by Gasteiger charge is -2.31. The van der Waals surface area contributed by atoms with Gasteiger partial charge in [0.2, 0.25) is 5.89 Å². The van der Waals surface area contributed by atoms with Crippen LogP contribution in [0, 0.1) is 6.92 Å². The van der Waals surface area contributed by atoms with Gasteiger partial charge in [-0.25, -0.2) is 4.98 Å². The molecule has 2 heterocycles. The summed E-state index contributed by atoms with van der Waals surface area (Å²) in [4.78, 5) is 7.09. The number of hydrogen-bond donors (Lipinski definition) is 1. The Morgan fingerprint density at radius 2 is 2.00 bits per heavy atom. The Hall–Kier alpha value is -1.69. The molecule has 1 saturated heterocycles. The largest absolute Gasteiger partial charge is 0.441 e. The highest BCUT2D eigenvalue weighted by molar-refractivity contribution is 5.53. The van der Waals surface area contributed by atoms with Crippen LogP contribution in [-0.2, 0) is 11.3 Å². The Morgan fingerprint density at radius 3 is 2.71 bits per heavy atom. The van der Waals surface area contributed by atoms with Gasteiger partial charge in [0, 0.05) is 38.4 Å². The molecule has 5 nitrogen and oxygen atoms in total. The first-order valence-corrected chi connectivity index (χ1v) is 8.73. The van der Waals surface area contributed by atoms with Crippen molar-refractivity contribution in [2.24, 2.45) is 0 Å². The molecule has 3 rings (SSSR count). The molecule has 0 aliphatic carbocycles. The Morgan fingerprint density at radius 1 is 1.25 bits per heavy atom. The number of piperidine rings is 1. The lowest BCUT2D eigenvalue weighted by atomic mass is 10.1. The van der Waals surface area contributed by atoms with Crippen molar-refractivity contribution in [3.8, 4) is 11.5 Å². The molecule has 0 unspecified atom stereocenters. The number of aliphatic hydroxyl groups is 1. The van der Waals surface area contributed by atoms with E-state index in [4.69, 9.17) is 14.3 Å². The number of aliphatic hydroxyl groups excluding tert-OH is 1. The summed E-state index contributed by atoms with van der Waals surface area (Å²) in [5.74, 6) is 1.60.